The van der Waals surface area contributed by atoms with Gasteiger partial charge in [-0.2, -0.15) is 13.1 Å². The number of alkyl halides is 2. The number of nitrogens with one attached hydrogen (secondary N) is 1. The van der Waals surface area contributed by atoms with E-state index in [1.807, 2.05) is 0 Å². The monoisotopic (exact) mass is 458 g/mol. The normalized spacial score (nSPS) is 14.8. The highest BCUT2D eigenvalue weighted by atomic mass is 32.2. The van der Waals surface area contributed by atoms with Crippen LogP contribution in [0.2, 0.25) is 0 Å². The zero-order valence-corrected chi connectivity index (χ0v) is 17.6. The van der Waals surface area contributed by atoms with E-state index in [-0.39, 0.29) is 23.4 Å². The van der Waals surface area contributed by atoms with E-state index in [0.29, 0.717) is 24.0 Å². The molecule has 30 heavy (non-hydrogen) atoms. The second-order valence-electron chi connectivity index (χ2n) is 6.83. The van der Waals surface area contributed by atoms with Crippen molar-refractivity contribution >= 4 is 25.8 Å². The van der Waals surface area contributed by atoms with E-state index in [2.05, 4.69) is 5.32 Å². The Morgan fingerprint density at radius 3 is 2.00 bits per heavy atom. The zero-order chi connectivity index (χ0) is 22.1. The molecule has 1 N–H and O–H groups in total. The van der Waals surface area contributed by atoms with E-state index >= 15 is 0 Å². The molecule has 0 spiro atoms. The van der Waals surface area contributed by atoms with Crippen LogP contribution >= 0.6 is 0 Å². The highest BCUT2D eigenvalue weighted by molar-refractivity contribution is 7.91. The van der Waals surface area contributed by atoms with Gasteiger partial charge in [0, 0.05) is 25.2 Å². The molecule has 0 heterocycles. The van der Waals surface area contributed by atoms with Gasteiger partial charge in [0.25, 0.3) is 5.91 Å². The molecule has 3 rings (SSSR count). The Balaban J connectivity index is 1.86. The van der Waals surface area contributed by atoms with Gasteiger partial charge in [-0.05, 0) is 54.8 Å². The molecule has 162 valence electrons. The third-order valence-corrected chi connectivity index (χ3v) is 8.04. The molecule has 0 aromatic heterocycles. The number of sulfone groups is 1. The van der Waals surface area contributed by atoms with E-state index in [9.17, 15) is 30.4 Å². The van der Waals surface area contributed by atoms with Crippen molar-refractivity contribution < 1.29 is 30.4 Å². The van der Waals surface area contributed by atoms with Gasteiger partial charge in [0.1, 0.15) is 0 Å². The lowest BCUT2D eigenvalue weighted by atomic mass is 10.1. The molecular formula is C19H20F2N2O5S2. The Hall–Kier alpha value is -2.37. The molecule has 1 aliphatic rings. The summed E-state index contributed by atoms with van der Waals surface area (Å²) in [5.74, 6) is -3.84. The molecule has 0 atom stereocenters. The minimum atomic E-state index is -4.80. The van der Waals surface area contributed by atoms with Crippen molar-refractivity contribution in [2.75, 3.05) is 7.05 Å². The number of halogens is 2. The number of benzene rings is 2. The summed E-state index contributed by atoms with van der Waals surface area (Å²) >= 11 is 0. The largest absolute Gasteiger partial charge is 0.355 e. The van der Waals surface area contributed by atoms with Gasteiger partial charge in [-0.25, -0.2) is 16.8 Å². The number of hydrogen-bond donors (Lipinski definition) is 1. The van der Waals surface area contributed by atoms with Crippen LogP contribution in [0.1, 0.15) is 28.8 Å². The van der Waals surface area contributed by atoms with Crippen LogP contribution in [0, 0.1) is 0 Å². The summed E-state index contributed by atoms with van der Waals surface area (Å²) in [5.41, 5.74) is 1.12. The van der Waals surface area contributed by atoms with Crippen LogP contribution in [-0.4, -0.2) is 45.9 Å². The topological polar surface area (TPSA) is 101 Å². The molecule has 2 aromatic rings. The quantitative estimate of drug-likeness (QED) is 0.655. The molecule has 0 saturated heterocycles. The van der Waals surface area contributed by atoms with Gasteiger partial charge in [0.15, 0.2) is 0 Å². The number of nitrogens with zero attached hydrogens (tertiary/aromatic N) is 1. The van der Waals surface area contributed by atoms with Crippen molar-refractivity contribution in [3.05, 3.63) is 59.7 Å². The number of amides is 1. The molecule has 7 nitrogen and oxygen atoms in total. The first kappa shape index (κ1) is 22.3. The first-order valence-electron chi connectivity index (χ1n) is 9.02. The minimum Gasteiger partial charge on any atom is -0.355 e. The first-order chi connectivity index (χ1) is 14.1. The Morgan fingerprint density at radius 1 is 1.00 bits per heavy atom. The third-order valence-electron chi connectivity index (χ3n) is 4.73. The summed E-state index contributed by atoms with van der Waals surface area (Å²) < 4.78 is 75.9. The molecule has 0 unspecified atom stereocenters. The van der Waals surface area contributed by atoms with E-state index in [4.69, 9.17) is 0 Å². The van der Waals surface area contributed by atoms with Crippen LogP contribution in [0.5, 0.6) is 0 Å². The number of hydrogen-bond acceptors (Lipinski definition) is 5. The van der Waals surface area contributed by atoms with E-state index in [0.717, 1.165) is 24.3 Å². The van der Waals surface area contributed by atoms with Crippen LogP contribution in [0.15, 0.2) is 58.3 Å². The van der Waals surface area contributed by atoms with Gasteiger partial charge in [0.05, 0.1) is 9.79 Å². The van der Waals surface area contributed by atoms with Gasteiger partial charge >= 0.3 is 5.76 Å². The predicted molar refractivity (Wildman–Crippen MR) is 105 cm³/mol. The summed E-state index contributed by atoms with van der Waals surface area (Å²) in [7, 11) is -7.27. The van der Waals surface area contributed by atoms with Gasteiger partial charge in [-0.15, -0.1) is 0 Å². The van der Waals surface area contributed by atoms with E-state index in [1.54, 1.807) is 24.3 Å². The first-order valence-corrected chi connectivity index (χ1v) is 12.0. The predicted octanol–water partition coefficient (Wildman–Crippen LogP) is 2.40. The van der Waals surface area contributed by atoms with Crippen molar-refractivity contribution in [3.63, 3.8) is 0 Å². The summed E-state index contributed by atoms with van der Waals surface area (Å²) in [6.07, 6.45) is 1.38. The molecule has 1 saturated carbocycles. The fraction of sp³-hybridized carbons (Fsp3) is 0.316. The molecule has 1 aliphatic carbocycles. The number of carbonyl (C=O) groups is 1. The van der Waals surface area contributed by atoms with Crippen molar-refractivity contribution in [2.45, 2.75) is 41.0 Å². The smallest absolute Gasteiger partial charge is 0.341 e. The van der Waals surface area contributed by atoms with Crippen molar-refractivity contribution in [3.8, 4) is 0 Å². The van der Waals surface area contributed by atoms with Gasteiger partial charge in [0.2, 0.25) is 19.9 Å². The SMILES string of the molecule is CNC(=O)c1ccc(CN(C2CC2)S(=O)(=O)c2ccc(S(=O)(=O)C(F)F)cc2)cc1. The molecule has 11 heteroatoms. The van der Waals surface area contributed by atoms with Crippen molar-refractivity contribution in [1.29, 1.82) is 0 Å². The number of carbonyl (C=O) groups excluding carboxylic acids is 1. The summed E-state index contributed by atoms with van der Waals surface area (Å²) in [5, 5.41) is 2.50. The molecule has 1 fully saturated rings. The highest BCUT2D eigenvalue weighted by Gasteiger charge is 2.38. The highest BCUT2D eigenvalue weighted by Crippen LogP contribution is 2.34. The Morgan fingerprint density at radius 2 is 1.53 bits per heavy atom. The van der Waals surface area contributed by atoms with Crippen molar-refractivity contribution in [1.82, 2.24) is 9.62 Å². The molecular weight excluding hydrogens is 438 g/mol. The molecule has 0 aliphatic heterocycles. The number of sulfonamides is 1. The average molecular weight is 459 g/mol. The third kappa shape index (κ3) is 4.52. The summed E-state index contributed by atoms with van der Waals surface area (Å²) in [4.78, 5) is 10.8. The van der Waals surface area contributed by atoms with Gasteiger partial charge in [-0.1, -0.05) is 12.1 Å². The molecule has 0 bridgehead atoms. The Bertz CT molecular complexity index is 1130. The molecule has 1 amide bonds. The van der Waals surface area contributed by atoms with E-state index < -0.39 is 30.5 Å². The van der Waals surface area contributed by atoms with Crippen LogP contribution in [-0.2, 0) is 26.4 Å². The molecule has 0 radical (unpaired) electrons. The lowest BCUT2D eigenvalue weighted by molar-refractivity contribution is 0.0963. The minimum absolute atomic E-state index is 0.0676. The van der Waals surface area contributed by atoms with Crippen molar-refractivity contribution in [2.24, 2.45) is 0 Å². The fourth-order valence-electron chi connectivity index (χ4n) is 2.90. The lowest BCUT2D eigenvalue weighted by Gasteiger charge is -2.22. The zero-order valence-electron chi connectivity index (χ0n) is 16.0. The van der Waals surface area contributed by atoms with Crippen LogP contribution in [0.3, 0.4) is 0 Å². The maximum absolute atomic E-state index is 13.1. The summed E-state index contributed by atoms with van der Waals surface area (Å²) in [6.45, 7) is 0.0676. The maximum atomic E-state index is 13.1. The number of rotatable bonds is 8. The summed E-state index contributed by atoms with van der Waals surface area (Å²) in [6, 6.07) is 10.1. The Labute approximate surface area is 173 Å². The van der Waals surface area contributed by atoms with Crippen LogP contribution in [0.4, 0.5) is 8.78 Å². The average Bonchev–Trinajstić information content (AvgIpc) is 3.56. The Kier molecular flexibility index (Phi) is 6.25. The van der Waals surface area contributed by atoms with E-state index in [1.165, 1.54) is 11.4 Å². The maximum Gasteiger partial charge on any atom is 0.341 e. The molecule has 2 aromatic carbocycles. The second kappa shape index (κ2) is 8.40. The fourth-order valence-corrected chi connectivity index (χ4v) is 5.29. The standard InChI is InChI=1S/C19H20F2N2O5S2/c1-22-18(24)14-4-2-13(3-5-14)12-23(15-6-7-15)30(27,28)17-10-8-16(9-11-17)29(25,26)19(20)21/h2-5,8-11,15,19H,6-7,12H2,1H3,(H,22,24). The van der Waals surface area contributed by atoms with Gasteiger partial charge < -0.3 is 5.32 Å². The van der Waals surface area contributed by atoms with Gasteiger partial charge in [-0.3, -0.25) is 4.79 Å². The second-order valence-corrected chi connectivity index (χ2v) is 10.6. The van der Waals surface area contributed by atoms with Crippen LogP contribution in [0.25, 0.3) is 0 Å². The lowest BCUT2D eigenvalue weighted by Crippen LogP contribution is -2.32. The van der Waals surface area contributed by atoms with Crippen LogP contribution < -0.4 is 5.32 Å².